The minimum atomic E-state index is 0.563. The van der Waals surface area contributed by atoms with E-state index in [1.54, 1.807) is 0 Å². The lowest BCUT2D eigenvalue weighted by Crippen LogP contribution is -2.56. The predicted octanol–water partition coefficient (Wildman–Crippen LogP) is 5.18. The van der Waals surface area contributed by atoms with Crippen LogP contribution in [0.15, 0.2) is 12.4 Å². The van der Waals surface area contributed by atoms with Crippen molar-refractivity contribution in [2.75, 3.05) is 38.1 Å². The topological polar surface area (TPSA) is 35.5 Å². The van der Waals surface area contributed by atoms with Crippen molar-refractivity contribution in [1.82, 2.24) is 19.8 Å². The summed E-state index contributed by atoms with van der Waals surface area (Å²) in [5, 5.41) is 0. The van der Waals surface area contributed by atoms with Gasteiger partial charge in [-0.25, -0.2) is 9.97 Å². The number of aromatic nitrogens is 2. The van der Waals surface area contributed by atoms with E-state index >= 15 is 0 Å². The van der Waals surface area contributed by atoms with Gasteiger partial charge < -0.3 is 9.80 Å². The van der Waals surface area contributed by atoms with Gasteiger partial charge in [0.15, 0.2) is 0 Å². The Hall–Kier alpha value is -1.20. The molecule has 0 aromatic carbocycles. The molecule has 1 aromatic rings. The van der Waals surface area contributed by atoms with Gasteiger partial charge in [0, 0.05) is 43.6 Å². The molecule has 3 rings (SSSR count). The summed E-state index contributed by atoms with van der Waals surface area (Å²) in [4.78, 5) is 17.3. The van der Waals surface area contributed by atoms with E-state index in [2.05, 4.69) is 61.8 Å². The van der Waals surface area contributed by atoms with Crippen LogP contribution in [0.3, 0.4) is 0 Å². The maximum absolute atomic E-state index is 4.84. The third-order valence-corrected chi connectivity index (χ3v) is 6.85. The van der Waals surface area contributed by atoms with E-state index in [1.807, 2.05) is 13.8 Å². The van der Waals surface area contributed by atoms with Gasteiger partial charge in [-0.3, -0.25) is 4.90 Å². The van der Waals surface area contributed by atoms with Gasteiger partial charge in [-0.2, -0.15) is 0 Å². The number of likely N-dealkylation sites (tertiary alicyclic amines) is 1. The molecule has 3 heterocycles. The Kier molecular flexibility index (Phi) is 10.5. The molecule has 0 radical (unpaired) electrons. The summed E-state index contributed by atoms with van der Waals surface area (Å²) in [6.45, 7) is 17.8. The van der Waals surface area contributed by atoms with E-state index in [0.29, 0.717) is 24.0 Å². The lowest BCUT2D eigenvalue weighted by atomic mass is 9.95. The Balaban J connectivity index is 0.00000155. The van der Waals surface area contributed by atoms with Crippen molar-refractivity contribution >= 4 is 5.95 Å². The fourth-order valence-electron chi connectivity index (χ4n) is 4.88. The monoisotopic (exact) mass is 417 g/mol. The molecule has 3 atom stereocenters. The van der Waals surface area contributed by atoms with Gasteiger partial charge in [-0.1, -0.05) is 34.1 Å². The van der Waals surface area contributed by atoms with Crippen molar-refractivity contribution < 1.29 is 0 Å². The highest BCUT2D eigenvalue weighted by atomic mass is 15.4. The molecule has 0 N–H and O–H groups in total. The summed E-state index contributed by atoms with van der Waals surface area (Å²) >= 11 is 0. The van der Waals surface area contributed by atoms with Crippen molar-refractivity contribution in [3.8, 4) is 0 Å². The van der Waals surface area contributed by atoms with Crippen LogP contribution in [-0.4, -0.2) is 71.1 Å². The number of hydrogen-bond donors (Lipinski definition) is 0. The molecule has 2 bridgehead atoms. The van der Waals surface area contributed by atoms with E-state index in [4.69, 9.17) is 9.97 Å². The van der Waals surface area contributed by atoms with Crippen LogP contribution < -0.4 is 4.90 Å². The summed E-state index contributed by atoms with van der Waals surface area (Å²) < 4.78 is 0. The molecule has 2 aliphatic heterocycles. The fraction of sp³-hybridized carbons (Fsp3) is 0.840. The van der Waals surface area contributed by atoms with Crippen LogP contribution in [0.1, 0.15) is 91.5 Å². The molecule has 0 aliphatic carbocycles. The molecule has 0 saturated carbocycles. The Morgan fingerprint density at radius 3 is 2.13 bits per heavy atom. The van der Waals surface area contributed by atoms with Crippen LogP contribution in [0.5, 0.6) is 0 Å². The lowest BCUT2D eigenvalue weighted by molar-refractivity contribution is 0.176. The second-order valence-electron chi connectivity index (χ2n) is 9.21. The average molecular weight is 418 g/mol. The number of piperazine rings is 1. The van der Waals surface area contributed by atoms with Gasteiger partial charge in [0.25, 0.3) is 0 Å². The van der Waals surface area contributed by atoms with E-state index in [1.165, 1.54) is 44.2 Å². The van der Waals surface area contributed by atoms with Crippen LogP contribution >= 0.6 is 0 Å². The number of rotatable bonds is 10. The first-order chi connectivity index (χ1) is 14.5. The van der Waals surface area contributed by atoms with Crippen LogP contribution in [0.25, 0.3) is 0 Å². The highest BCUT2D eigenvalue weighted by Crippen LogP contribution is 2.34. The van der Waals surface area contributed by atoms with Crippen molar-refractivity contribution in [2.45, 2.75) is 104 Å². The normalized spacial score (nSPS) is 22.4. The summed E-state index contributed by atoms with van der Waals surface area (Å²) in [5.41, 5.74) is 1.31. The molecule has 1 aromatic heterocycles. The standard InChI is InChI=1S/C23H41N5.C2H6/c1-6-8-12-26(5)13-11-19(7-2)20-14-24-23(25-15-20)28-21-9-10-22(28)17-27(16-21)18(3)4;1-2/h14-15,18-19,21-22H,6-13,16-17H2,1-5H3;1-2H3. The van der Waals surface area contributed by atoms with Crippen LogP contribution in [-0.2, 0) is 0 Å². The van der Waals surface area contributed by atoms with Crippen molar-refractivity contribution in [1.29, 1.82) is 0 Å². The molecule has 172 valence electrons. The number of fused-ring (bicyclic) bond motifs is 2. The summed E-state index contributed by atoms with van der Waals surface area (Å²) in [6, 6.07) is 1.80. The van der Waals surface area contributed by atoms with Crippen LogP contribution in [0.2, 0.25) is 0 Å². The third-order valence-electron chi connectivity index (χ3n) is 6.85. The van der Waals surface area contributed by atoms with Crippen molar-refractivity contribution in [3.63, 3.8) is 0 Å². The zero-order valence-corrected chi connectivity index (χ0v) is 20.8. The fourth-order valence-corrected chi connectivity index (χ4v) is 4.88. The minimum absolute atomic E-state index is 0.563. The van der Waals surface area contributed by atoms with Gasteiger partial charge in [0.1, 0.15) is 0 Å². The number of anilines is 1. The summed E-state index contributed by atoms with van der Waals surface area (Å²) in [6.07, 6.45) is 11.7. The molecule has 3 unspecified atom stereocenters. The van der Waals surface area contributed by atoms with Gasteiger partial charge in [-0.15, -0.1) is 0 Å². The SMILES string of the molecule is CC.CCCCN(C)CCC(CC)c1cnc(N2C3CCC2CN(C(C)C)C3)nc1. The Morgan fingerprint density at radius 1 is 1.03 bits per heavy atom. The maximum atomic E-state index is 4.84. The van der Waals surface area contributed by atoms with E-state index in [-0.39, 0.29) is 0 Å². The predicted molar refractivity (Wildman–Crippen MR) is 129 cm³/mol. The van der Waals surface area contributed by atoms with E-state index < -0.39 is 0 Å². The first-order valence-electron chi connectivity index (χ1n) is 12.6. The minimum Gasteiger partial charge on any atom is -0.332 e. The zero-order chi connectivity index (χ0) is 22.1. The van der Waals surface area contributed by atoms with Crippen LogP contribution in [0, 0.1) is 0 Å². The third kappa shape index (κ3) is 6.40. The van der Waals surface area contributed by atoms with E-state index in [0.717, 1.165) is 32.0 Å². The maximum Gasteiger partial charge on any atom is 0.225 e. The molecule has 0 spiro atoms. The molecule has 5 heteroatoms. The highest BCUT2D eigenvalue weighted by Gasteiger charge is 2.41. The van der Waals surface area contributed by atoms with E-state index in [9.17, 15) is 0 Å². The molecule has 5 nitrogen and oxygen atoms in total. The first kappa shape index (κ1) is 25.1. The quantitative estimate of drug-likeness (QED) is 0.524. The van der Waals surface area contributed by atoms with Crippen molar-refractivity contribution in [3.05, 3.63) is 18.0 Å². The Morgan fingerprint density at radius 2 is 1.63 bits per heavy atom. The molecule has 2 aliphatic rings. The second kappa shape index (κ2) is 12.6. The molecule has 30 heavy (non-hydrogen) atoms. The average Bonchev–Trinajstić information content (AvgIpc) is 3.03. The summed E-state index contributed by atoms with van der Waals surface area (Å²) in [7, 11) is 2.24. The highest BCUT2D eigenvalue weighted by molar-refractivity contribution is 5.38. The molecule has 2 saturated heterocycles. The number of unbranched alkanes of at least 4 members (excludes halogenated alkanes) is 1. The molecule has 2 fully saturated rings. The molecular weight excluding hydrogens is 370 g/mol. The molecular formula is C25H47N5. The second-order valence-corrected chi connectivity index (χ2v) is 9.21. The largest absolute Gasteiger partial charge is 0.332 e. The smallest absolute Gasteiger partial charge is 0.225 e. The number of hydrogen-bond acceptors (Lipinski definition) is 5. The number of nitrogens with zero attached hydrogens (tertiary/aromatic N) is 5. The van der Waals surface area contributed by atoms with Gasteiger partial charge in [-0.05, 0) is 77.6 Å². The first-order valence-corrected chi connectivity index (χ1v) is 12.6. The Labute approximate surface area is 186 Å². The Bertz CT molecular complexity index is 574. The van der Waals surface area contributed by atoms with Crippen molar-refractivity contribution in [2.24, 2.45) is 0 Å². The zero-order valence-electron chi connectivity index (χ0n) is 20.8. The molecule has 0 amide bonds. The van der Waals surface area contributed by atoms with Crippen LogP contribution in [0.4, 0.5) is 5.95 Å². The summed E-state index contributed by atoms with van der Waals surface area (Å²) in [5.74, 6) is 1.52. The van der Waals surface area contributed by atoms with Gasteiger partial charge in [0.2, 0.25) is 5.95 Å². The lowest BCUT2D eigenvalue weighted by Gasteiger charge is -2.42. The van der Waals surface area contributed by atoms with Gasteiger partial charge in [0.05, 0.1) is 0 Å². The van der Waals surface area contributed by atoms with Gasteiger partial charge >= 0.3 is 0 Å².